The summed E-state index contributed by atoms with van der Waals surface area (Å²) >= 11 is 0. The molecule has 5 heterocycles. The van der Waals surface area contributed by atoms with Crippen molar-refractivity contribution in [3.8, 4) is 0 Å². The third-order valence-corrected chi connectivity index (χ3v) is 14.2. The number of hydrogen-bond acceptors (Lipinski definition) is 5. The molecular weight excluding hydrogens is 821 g/mol. The molecule has 3 aromatic heterocycles. The molecule has 1 saturated heterocycles. The summed E-state index contributed by atoms with van der Waals surface area (Å²) in [4.78, 5) is 56.6. The van der Waals surface area contributed by atoms with E-state index in [-0.39, 0.29) is 59.7 Å². The van der Waals surface area contributed by atoms with E-state index in [4.69, 9.17) is 29.7 Å². The number of aromatic nitrogens is 3. The molecule has 0 spiro atoms. The van der Waals surface area contributed by atoms with Gasteiger partial charge in [-0.05, 0) is 94.6 Å². The quantitative estimate of drug-likeness (QED) is 0.0475. The van der Waals surface area contributed by atoms with Gasteiger partial charge in [-0.1, -0.05) is 151 Å². The average Bonchev–Trinajstić information content (AvgIpc) is 3.99. The molecule has 0 aromatic carbocycles. The SMILES string of the molecule is C=Cc1c2[n-]c(c1C)/C=C1\[N-]/C(=C3\c4[n-]c(c(C)c4C(=O)[C@H]3C(=O)OC)/C=c3\[n-]/c(c(C)c3CC)=C\2)[C@@H](CCC(=O)OC/C=C(\C)CCC[C@H](C)CCC[C@H](C)CCCC(C)C)[C@@H]1C.[Mg+2]. The maximum absolute atomic E-state index is 14.4. The summed E-state index contributed by atoms with van der Waals surface area (Å²) in [6, 6.07) is 0. The Morgan fingerprint density at radius 3 is 2.12 bits per heavy atom. The van der Waals surface area contributed by atoms with Crippen LogP contribution < -0.4 is 25.7 Å². The first-order valence-electron chi connectivity index (χ1n) is 24.0. The molecule has 2 aliphatic heterocycles. The molecule has 6 rings (SSSR count). The van der Waals surface area contributed by atoms with Gasteiger partial charge in [-0.15, -0.1) is 33.5 Å². The van der Waals surface area contributed by atoms with E-state index in [9.17, 15) is 14.4 Å². The van der Waals surface area contributed by atoms with Crippen LogP contribution >= 0.6 is 0 Å². The number of allylic oxidation sites excluding steroid dienone is 3. The summed E-state index contributed by atoms with van der Waals surface area (Å²) in [6.07, 6.45) is 22.4. The topological polar surface area (TPSA) is 126 Å². The van der Waals surface area contributed by atoms with Crippen molar-refractivity contribution in [3.63, 3.8) is 0 Å². The van der Waals surface area contributed by atoms with E-state index in [2.05, 4.69) is 62.0 Å². The molecule has 65 heavy (non-hydrogen) atoms. The van der Waals surface area contributed by atoms with Gasteiger partial charge in [0, 0.05) is 12.0 Å². The molecule has 3 aliphatic rings. The van der Waals surface area contributed by atoms with E-state index in [0.29, 0.717) is 46.1 Å². The van der Waals surface area contributed by atoms with Crippen molar-refractivity contribution in [1.82, 2.24) is 15.0 Å². The minimum absolute atomic E-state index is 0. The zero-order valence-electron chi connectivity index (χ0n) is 41.3. The van der Waals surface area contributed by atoms with E-state index in [1.54, 1.807) is 0 Å². The fourth-order valence-electron chi connectivity index (χ4n) is 10.1. The smallest absolute Gasteiger partial charge is 0.664 e. The molecule has 1 fully saturated rings. The zero-order chi connectivity index (χ0) is 46.4. The van der Waals surface area contributed by atoms with Crippen molar-refractivity contribution >= 4 is 70.7 Å². The normalized spacial score (nSPS) is 21.7. The molecule has 3 aromatic rings. The minimum Gasteiger partial charge on any atom is -0.664 e. The third-order valence-electron chi connectivity index (χ3n) is 14.2. The zero-order valence-corrected chi connectivity index (χ0v) is 42.7. The summed E-state index contributed by atoms with van der Waals surface area (Å²) in [5, 5.41) is 6.83. The van der Waals surface area contributed by atoms with Crippen LogP contribution in [-0.2, 0) is 25.5 Å². The van der Waals surface area contributed by atoms with Crippen molar-refractivity contribution in [2.24, 2.45) is 35.5 Å². The van der Waals surface area contributed by atoms with E-state index >= 15 is 0 Å². The van der Waals surface area contributed by atoms with Gasteiger partial charge >= 0.3 is 35.0 Å². The number of esters is 2. The Hall–Kier alpha value is -4.28. The number of rotatable bonds is 20. The molecule has 5 atom stereocenters. The Balaban J connectivity index is 0.00000793. The number of Topliss-reactive ketones (excluding diaryl/α,β-unsaturated/α-hetero) is 1. The fourth-order valence-corrected chi connectivity index (χ4v) is 10.1. The molecule has 346 valence electrons. The van der Waals surface area contributed by atoms with Crippen LogP contribution in [0.1, 0.15) is 180 Å². The first-order chi connectivity index (χ1) is 30.6. The Labute approximate surface area is 404 Å². The predicted molar refractivity (Wildman–Crippen MR) is 265 cm³/mol. The number of carbonyl (C=O) groups is 3. The van der Waals surface area contributed by atoms with Crippen molar-refractivity contribution in [2.45, 2.75) is 146 Å². The van der Waals surface area contributed by atoms with Gasteiger partial charge in [0.1, 0.15) is 12.5 Å². The second-order valence-electron chi connectivity index (χ2n) is 19.4. The second-order valence-corrected chi connectivity index (χ2v) is 19.4. The van der Waals surface area contributed by atoms with Crippen molar-refractivity contribution < 1.29 is 23.9 Å². The van der Waals surface area contributed by atoms with Crippen molar-refractivity contribution in [1.29, 1.82) is 0 Å². The number of ether oxygens (including phenoxy) is 2. The molecule has 0 amide bonds. The molecule has 10 heteroatoms. The van der Waals surface area contributed by atoms with Crippen LogP contribution in [0.25, 0.3) is 35.2 Å². The van der Waals surface area contributed by atoms with Crippen LogP contribution in [0.3, 0.4) is 0 Å². The van der Waals surface area contributed by atoms with Gasteiger partial charge in [0.2, 0.25) is 0 Å². The van der Waals surface area contributed by atoms with E-state index in [1.165, 1.54) is 57.6 Å². The maximum atomic E-state index is 14.4. The fraction of sp³-hybridized carbons (Fsp3) is 0.545. The van der Waals surface area contributed by atoms with Gasteiger partial charge in [-0.25, -0.2) is 0 Å². The Kier molecular flexibility index (Phi) is 18.3. The molecule has 0 radical (unpaired) electrons. The molecule has 0 unspecified atom stereocenters. The van der Waals surface area contributed by atoms with Gasteiger partial charge in [0.25, 0.3) is 0 Å². The molecule has 9 nitrogen and oxygen atoms in total. The van der Waals surface area contributed by atoms with Gasteiger partial charge < -0.3 is 29.7 Å². The number of fused-ring (bicyclic) bond motifs is 7. The predicted octanol–water partition coefficient (Wildman–Crippen LogP) is 10.4. The van der Waals surface area contributed by atoms with E-state index in [0.717, 1.165) is 81.1 Å². The second kappa shape index (κ2) is 22.9. The molecule has 1 aliphatic carbocycles. The van der Waals surface area contributed by atoms with E-state index in [1.807, 2.05) is 44.2 Å². The first-order valence-corrected chi connectivity index (χ1v) is 24.0. The van der Waals surface area contributed by atoms with Gasteiger partial charge in [0.05, 0.1) is 7.11 Å². The van der Waals surface area contributed by atoms with Crippen molar-refractivity contribution in [3.05, 3.63) is 102 Å². The molecule has 8 bridgehead atoms. The number of nitrogens with zero attached hydrogens (tertiary/aromatic N) is 4. The van der Waals surface area contributed by atoms with Crippen LogP contribution in [-0.4, -0.2) is 54.5 Å². The standard InChI is InChI=1S/C55H73N4O5.Mg/c1-13-39-35(8)42-28-44-37(10)41(24-25-48(60)64-27-26-34(7)23-17-22-33(6)21-16-20-32(5)19-15-18-31(3)4)52(58-44)50-51(55(62)63-12)54(61)49-38(11)45(59-53(49)50)30-47-40(14-2)36(9)43(57-47)29-46(39)56-42;/h13,26,28-33,37,41,51H,1,14-25,27H2,2-12H3,(H-,58,59,61);/q-3;+2/p-1/b34-26+,43-29-,44-28-,47-30-;/t32-,33-,37+,41+,51+;/m1./s1. The Morgan fingerprint density at radius 1 is 0.831 bits per heavy atom. The molecule has 0 N–H and O–H groups in total. The number of methoxy groups -OCH3 is 1. The maximum Gasteiger partial charge on any atom is 2.00 e. The van der Waals surface area contributed by atoms with Crippen molar-refractivity contribution in [2.75, 3.05) is 13.7 Å². The molecular formula is C55H72MgN4O5-2. The minimum atomic E-state index is -1.22. The largest absolute Gasteiger partial charge is 2.00 e. The Morgan fingerprint density at radius 2 is 1.48 bits per heavy atom. The summed E-state index contributed by atoms with van der Waals surface area (Å²) in [7, 11) is 1.30. The van der Waals surface area contributed by atoms with Crippen LogP contribution in [0.2, 0.25) is 0 Å². The van der Waals surface area contributed by atoms with Crippen LogP contribution in [0.15, 0.2) is 29.6 Å². The van der Waals surface area contributed by atoms with Gasteiger partial charge in [0.15, 0.2) is 5.78 Å². The number of ketones is 1. The number of hydrogen-bond donors (Lipinski definition) is 0. The monoisotopic (exact) mass is 893 g/mol. The summed E-state index contributed by atoms with van der Waals surface area (Å²) < 4.78 is 11.0. The van der Waals surface area contributed by atoms with Crippen LogP contribution in [0, 0.1) is 56.3 Å². The van der Waals surface area contributed by atoms with E-state index < -0.39 is 11.9 Å². The molecule has 0 saturated carbocycles. The first kappa shape index (κ1) is 51.7. The third kappa shape index (κ3) is 11.6. The van der Waals surface area contributed by atoms with Crippen LogP contribution in [0.4, 0.5) is 0 Å². The van der Waals surface area contributed by atoms with Gasteiger partial charge in [-0.2, -0.15) is 11.4 Å². The number of carbonyl (C=O) groups excluding carboxylic acids is 3. The summed E-state index contributed by atoms with van der Waals surface area (Å²) in [5.41, 5.74) is 10.7. The Bertz CT molecular complexity index is 2450. The van der Waals surface area contributed by atoms with Crippen LogP contribution in [0.5, 0.6) is 0 Å². The summed E-state index contributed by atoms with van der Waals surface area (Å²) in [5.74, 6) is -0.711. The average molecular weight is 894 g/mol. The summed E-state index contributed by atoms with van der Waals surface area (Å²) in [6.45, 7) is 26.0. The van der Waals surface area contributed by atoms with Gasteiger partial charge in [-0.3, -0.25) is 14.4 Å².